The van der Waals surface area contributed by atoms with Gasteiger partial charge in [0.2, 0.25) is 0 Å². The largest absolute Gasteiger partial charge is 0.395 e. The van der Waals surface area contributed by atoms with E-state index >= 15 is 0 Å². The van der Waals surface area contributed by atoms with Gasteiger partial charge in [-0.05, 0) is 5.56 Å². The van der Waals surface area contributed by atoms with E-state index in [9.17, 15) is 10.1 Å². The molecule has 3 rings (SSSR count). The number of hydrogen-bond donors (Lipinski definition) is 1. The Hall–Kier alpha value is -2.58. The van der Waals surface area contributed by atoms with Gasteiger partial charge in [0, 0.05) is 36.7 Å². The van der Waals surface area contributed by atoms with Gasteiger partial charge in [0.1, 0.15) is 17.0 Å². The van der Waals surface area contributed by atoms with Gasteiger partial charge in [0.25, 0.3) is 5.69 Å². The average Bonchev–Trinajstić information content (AvgIpc) is 2.99. The van der Waals surface area contributed by atoms with Crippen LogP contribution in [0.4, 0.5) is 11.5 Å². The Morgan fingerprint density at radius 2 is 2.22 bits per heavy atom. The molecule has 23 heavy (non-hydrogen) atoms. The zero-order valence-electron chi connectivity index (χ0n) is 12.3. The molecule has 2 heterocycles. The first-order valence-electron chi connectivity index (χ1n) is 6.91. The molecule has 0 spiro atoms. The number of thiophene rings is 1. The molecule has 8 heteroatoms. The van der Waals surface area contributed by atoms with Crippen LogP contribution in [0.3, 0.4) is 0 Å². The highest BCUT2D eigenvalue weighted by molar-refractivity contribution is 7.17. The molecule has 0 fully saturated rings. The van der Waals surface area contributed by atoms with E-state index in [1.807, 2.05) is 23.4 Å². The number of nitro benzene ring substituents is 1. The van der Waals surface area contributed by atoms with E-state index in [1.165, 1.54) is 23.7 Å². The highest BCUT2D eigenvalue weighted by Crippen LogP contribution is 2.38. The van der Waals surface area contributed by atoms with Crippen LogP contribution in [0.15, 0.2) is 36.0 Å². The van der Waals surface area contributed by atoms with E-state index in [-0.39, 0.29) is 12.3 Å². The number of likely N-dealkylation sites (N-methyl/N-ethyl adjacent to an activating group) is 1. The van der Waals surface area contributed by atoms with Gasteiger partial charge >= 0.3 is 0 Å². The van der Waals surface area contributed by atoms with Crippen LogP contribution in [-0.2, 0) is 0 Å². The van der Waals surface area contributed by atoms with Crippen LogP contribution in [-0.4, -0.2) is 40.2 Å². The fourth-order valence-electron chi connectivity index (χ4n) is 2.40. The van der Waals surface area contributed by atoms with Crippen LogP contribution in [0.5, 0.6) is 0 Å². The van der Waals surface area contributed by atoms with E-state index in [1.54, 1.807) is 12.1 Å². The SMILES string of the molecule is CN(CCO)c1ncnc2scc(-c3cccc([N+](=O)[O-])c3)c12. The minimum atomic E-state index is -0.409. The lowest BCUT2D eigenvalue weighted by molar-refractivity contribution is -0.384. The maximum absolute atomic E-state index is 11.0. The Morgan fingerprint density at radius 1 is 1.39 bits per heavy atom. The van der Waals surface area contributed by atoms with Gasteiger partial charge in [-0.25, -0.2) is 9.97 Å². The van der Waals surface area contributed by atoms with Crippen molar-refractivity contribution in [2.75, 3.05) is 25.1 Å². The first kappa shape index (κ1) is 15.3. The summed E-state index contributed by atoms with van der Waals surface area (Å²) in [6.45, 7) is 0.453. The summed E-state index contributed by atoms with van der Waals surface area (Å²) in [4.78, 5) is 21.8. The van der Waals surface area contributed by atoms with E-state index in [4.69, 9.17) is 5.11 Å². The third-order valence-corrected chi connectivity index (χ3v) is 4.40. The minimum absolute atomic E-state index is 0.0122. The topological polar surface area (TPSA) is 92.4 Å². The molecule has 2 aromatic heterocycles. The molecule has 0 saturated carbocycles. The first-order chi connectivity index (χ1) is 11.1. The molecule has 0 aliphatic carbocycles. The standard InChI is InChI=1S/C15H14N4O3S/c1-18(5-6-20)14-13-12(8-23-15(13)17-9-16-14)10-3-2-4-11(7-10)19(21)22/h2-4,7-9,20H,5-6H2,1H3. The van der Waals surface area contributed by atoms with Crippen LogP contribution in [0.25, 0.3) is 21.3 Å². The molecule has 0 amide bonds. The third-order valence-electron chi connectivity index (χ3n) is 3.52. The van der Waals surface area contributed by atoms with Crippen molar-refractivity contribution in [3.63, 3.8) is 0 Å². The highest BCUT2D eigenvalue weighted by Gasteiger charge is 2.17. The number of hydrogen-bond acceptors (Lipinski definition) is 7. The number of aliphatic hydroxyl groups is 1. The molecule has 3 aromatic rings. The summed E-state index contributed by atoms with van der Waals surface area (Å²) in [5.41, 5.74) is 1.65. The van der Waals surface area contributed by atoms with Gasteiger partial charge in [0.15, 0.2) is 0 Å². The van der Waals surface area contributed by atoms with Crippen molar-refractivity contribution >= 4 is 33.1 Å². The number of benzene rings is 1. The lowest BCUT2D eigenvalue weighted by Crippen LogP contribution is -2.22. The summed E-state index contributed by atoms with van der Waals surface area (Å²) in [6.07, 6.45) is 1.49. The van der Waals surface area contributed by atoms with Crippen molar-refractivity contribution in [3.05, 3.63) is 46.1 Å². The van der Waals surface area contributed by atoms with E-state index in [0.29, 0.717) is 12.4 Å². The molecule has 0 atom stereocenters. The van der Waals surface area contributed by atoms with Crippen molar-refractivity contribution in [1.29, 1.82) is 0 Å². The molecule has 0 unspecified atom stereocenters. The summed E-state index contributed by atoms with van der Waals surface area (Å²) in [7, 11) is 1.84. The molecule has 1 N–H and O–H groups in total. The predicted molar refractivity (Wildman–Crippen MR) is 89.9 cm³/mol. The number of fused-ring (bicyclic) bond motifs is 1. The van der Waals surface area contributed by atoms with Gasteiger partial charge in [-0.1, -0.05) is 12.1 Å². The maximum Gasteiger partial charge on any atom is 0.270 e. The van der Waals surface area contributed by atoms with Crippen molar-refractivity contribution in [3.8, 4) is 11.1 Å². The fraction of sp³-hybridized carbons (Fsp3) is 0.200. The zero-order valence-corrected chi connectivity index (χ0v) is 13.2. The molecule has 0 radical (unpaired) electrons. The minimum Gasteiger partial charge on any atom is -0.395 e. The summed E-state index contributed by atoms with van der Waals surface area (Å²) < 4.78 is 0. The summed E-state index contributed by atoms with van der Waals surface area (Å²) in [6, 6.07) is 6.51. The summed E-state index contributed by atoms with van der Waals surface area (Å²) >= 11 is 1.46. The second kappa shape index (κ2) is 6.27. The Morgan fingerprint density at radius 3 is 2.96 bits per heavy atom. The van der Waals surface area contributed by atoms with Crippen LogP contribution >= 0.6 is 11.3 Å². The van der Waals surface area contributed by atoms with E-state index in [2.05, 4.69) is 9.97 Å². The molecule has 7 nitrogen and oxygen atoms in total. The maximum atomic E-state index is 11.0. The predicted octanol–water partition coefficient (Wildman–Crippen LogP) is 2.70. The average molecular weight is 330 g/mol. The molecular weight excluding hydrogens is 316 g/mol. The Kier molecular flexibility index (Phi) is 4.18. The zero-order chi connectivity index (χ0) is 16.4. The van der Waals surface area contributed by atoms with Gasteiger partial charge in [-0.3, -0.25) is 10.1 Å². The third kappa shape index (κ3) is 2.86. The van der Waals surface area contributed by atoms with Crippen molar-refractivity contribution in [2.24, 2.45) is 0 Å². The fourth-order valence-corrected chi connectivity index (χ4v) is 3.31. The van der Waals surface area contributed by atoms with Gasteiger partial charge in [-0.2, -0.15) is 0 Å². The molecule has 0 bridgehead atoms. The second-order valence-electron chi connectivity index (χ2n) is 4.98. The number of non-ortho nitro benzene ring substituents is 1. The van der Waals surface area contributed by atoms with E-state index < -0.39 is 4.92 Å². The molecule has 118 valence electrons. The van der Waals surface area contributed by atoms with Crippen LogP contribution < -0.4 is 4.90 Å². The number of aromatic nitrogens is 2. The van der Waals surface area contributed by atoms with E-state index in [0.717, 1.165) is 21.3 Å². The number of nitro groups is 1. The summed E-state index contributed by atoms with van der Waals surface area (Å²) in [5, 5.41) is 22.9. The quantitative estimate of drug-likeness (QED) is 0.571. The lowest BCUT2D eigenvalue weighted by atomic mass is 10.1. The van der Waals surface area contributed by atoms with Crippen LogP contribution in [0.1, 0.15) is 0 Å². The number of aliphatic hydroxyl groups excluding tert-OH is 1. The lowest BCUT2D eigenvalue weighted by Gasteiger charge is -2.18. The van der Waals surface area contributed by atoms with Gasteiger partial charge in [-0.15, -0.1) is 11.3 Å². The van der Waals surface area contributed by atoms with Crippen molar-refractivity contribution in [1.82, 2.24) is 9.97 Å². The Labute approximate surface area is 136 Å². The Bertz CT molecular complexity index is 865. The second-order valence-corrected chi connectivity index (χ2v) is 5.84. The number of rotatable bonds is 5. The van der Waals surface area contributed by atoms with Gasteiger partial charge in [0.05, 0.1) is 16.9 Å². The molecular formula is C15H14N4O3S. The summed E-state index contributed by atoms with van der Waals surface area (Å²) in [5.74, 6) is 0.701. The highest BCUT2D eigenvalue weighted by atomic mass is 32.1. The Balaban J connectivity index is 2.19. The van der Waals surface area contributed by atoms with Crippen molar-refractivity contribution in [2.45, 2.75) is 0 Å². The number of anilines is 1. The molecule has 1 aromatic carbocycles. The molecule has 0 aliphatic heterocycles. The van der Waals surface area contributed by atoms with Crippen molar-refractivity contribution < 1.29 is 10.0 Å². The normalized spacial score (nSPS) is 10.9. The van der Waals surface area contributed by atoms with Gasteiger partial charge < -0.3 is 10.0 Å². The smallest absolute Gasteiger partial charge is 0.270 e. The van der Waals surface area contributed by atoms with Crippen LogP contribution in [0, 0.1) is 10.1 Å². The first-order valence-corrected chi connectivity index (χ1v) is 7.79. The number of nitrogens with zero attached hydrogens (tertiary/aromatic N) is 4. The molecule has 0 aliphatic rings. The van der Waals surface area contributed by atoms with Crippen LogP contribution in [0.2, 0.25) is 0 Å². The monoisotopic (exact) mass is 330 g/mol. The molecule has 0 saturated heterocycles.